The number of aryl methyl sites for hydroxylation is 1. The van der Waals surface area contributed by atoms with Gasteiger partial charge in [0.2, 0.25) is 17.5 Å². The molecule has 0 aromatic heterocycles. The fraction of sp³-hybridized carbons (Fsp3) is 0.526. The van der Waals surface area contributed by atoms with Crippen LogP contribution in [-0.2, 0) is 20.8 Å². The number of ketones is 2. The molecular formula is C19H21NO3. The Hall–Kier alpha value is -1.97. The first-order chi connectivity index (χ1) is 10.9. The summed E-state index contributed by atoms with van der Waals surface area (Å²) in [4.78, 5) is 40.2. The number of nitrogens with zero attached hydrogens (tertiary/aromatic N) is 1. The first-order valence-electron chi connectivity index (χ1n) is 8.40. The van der Waals surface area contributed by atoms with Crippen molar-refractivity contribution in [2.24, 2.45) is 16.7 Å². The summed E-state index contributed by atoms with van der Waals surface area (Å²) in [7, 11) is 0. The summed E-state index contributed by atoms with van der Waals surface area (Å²) < 4.78 is 0. The molecule has 1 amide bonds. The topological polar surface area (TPSA) is 54.5 Å². The SMILES string of the molecule is CC1(C)[C@@H]2CC[C@@]1(C(=O)N1CCCc3ccccc31)C(=O)C2=O. The highest BCUT2D eigenvalue weighted by Crippen LogP contribution is 2.63. The molecule has 3 aliphatic rings. The molecule has 2 saturated carbocycles. The Morgan fingerprint density at radius 3 is 2.65 bits per heavy atom. The Bertz CT molecular complexity index is 736. The number of amides is 1. The van der Waals surface area contributed by atoms with Crippen LogP contribution in [0.15, 0.2) is 24.3 Å². The molecule has 1 heterocycles. The van der Waals surface area contributed by atoms with Crippen molar-refractivity contribution in [2.75, 3.05) is 11.4 Å². The maximum Gasteiger partial charge on any atom is 0.241 e. The standard InChI is InChI=1S/C19H21NO3/c1-18(2)13-9-10-19(18,16(22)15(13)21)17(23)20-11-5-7-12-6-3-4-8-14(12)20/h3-4,6,8,13H,5,7,9-11H2,1-2H3/t13-,19+/m1/s1. The molecule has 1 aliphatic heterocycles. The third-order valence-corrected chi connectivity index (χ3v) is 6.43. The van der Waals surface area contributed by atoms with E-state index in [2.05, 4.69) is 0 Å². The van der Waals surface area contributed by atoms with E-state index in [0.29, 0.717) is 19.4 Å². The van der Waals surface area contributed by atoms with Gasteiger partial charge in [-0.05, 0) is 42.7 Å². The molecule has 0 radical (unpaired) electrons. The fourth-order valence-electron chi connectivity index (χ4n) is 5.03. The lowest BCUT2D eigenvalue weighted by Crippen LogP contribution is -2.53. The van der Waals surface area contributed by atoms with Crippen LogP contribution in [0.1, 0.15) is 38.7 Å². The quantitative estimate of drug-likeness (QED) is 0.591. The van der Waals surface area contributed by atoms with Gasteiger partial charge < -0.3 is 4.90 Å². The number of rotatable bonds is 1. The molecule has 2 atom stereocenters. The Morgan fingerprint density at radius 1 is 1.22 bits per heavy atom. The molecule has 0 saturated heterocycles. The minimum absolute atomic E-state index is 0.159. The summed E-state index contributed by atoms with van der Waals surface area (Å²) in [5.41, 5.74) is 0.321. The van der Waals surface area contributed by atoms with Crippen molar-refractivity contribution in [1.29, 1.82) is 0 Å². The number of carbonyl (C=O) groups is 3. The predicted octanol–water partition coefficient (Wildman–Crippen LogP) is 2.54. The largest absolute Gasteiger partial charge is 0.311 e. The molecule has 0 spiro atoms. The van der Waals surface area contributed by atoms with E-state index in [1.165, 1.54) is 0 Å². The minimum atomic E-state index is -1.15. The van der Waals surface area contributed by atoms with Crippen molar-refractivity contribution >= 4 is 23.2 Å². The molecule has 120 valence electrons. The van der Waals surface area contributed by atoms with Crippen LogP contribution >= 0.6 is 0 Å². The van der Waals surface area contributed by atoms with Crippen LogP contribution in [0.5, 0.6) is 0 Å². The monoisotopic (exact) mass is 311 g/mol. The first-order valence-corrected chi connectivity index (χ1v) is 8.40. The van der Waals surface area contributed by atoms with E-state index >= 15 is 0 Å². The lowest BCUT2D eigenvalue weighted by molar-refractivity contribution is -0.148. The number of fused-ring (bicyclic) bond motifs is 3. The Balaban J connectivity index is 1.81. The number of hydrogen-bond donors (Lipinski definition) is 0. The van der Waals surface area contributed by atoms with Gasteiger partial charge in [0.15, 0.2) is 0 Å². The summed E-state index contributed by atoms with van der Waals surface area (Å²) in [5, 5.41) is 0. The van der Waals surface area contributed by atoms with Crippen LogP contribution in [0.3, 0.4) is 0 Å². The highest BCUT2D eigenvalue weighted by molar-refractivity contribution is 6.48. The molecule has 1 aromatic rings. The number of Topliss-reactive ketones (excluding diaryl/α,β-unsaturated/α-hetero) is 2. The van der Waals surface area contributed by atoms with Crippen molar-refractivity contribution in [3.05, 3.63) is 29.8 Å². The second-order valence-corrected chi connectivity index (χ2v) is 7.60. The average molecular weight is 311 g/mol. The van der Waals surface area contributed by atoms with Crippen molar-refractivity contribution in [2.45, 2.75) is 39.5 Å². The van der Waals surface area contributed by atoms with Crippen LogP contribution in [-0.4, -0.2) is 24.0 Å². The molecule has 2 fully saturated rings. The third kappa shape index (κ3) is 1.59. The number of carbonyl (C=O) groups excluding carboxylic acids is 3. The highest BCUT2D eigenvalue weighted by atomic mass is 16.2. The van der Waals surface area contributed by atoms with Gasteiger partial charge in [-0.15, -0.1) is 0 Å². The Labute approximate surface area is 135 Å². The molecule has 4 heteroatoms. The second-order valence-electron chi connectivity index (χ2n) is 7.60. The average Bonchev–Trinajstić information content (AvgIpc) is 2.90. The van der Waals surface area contributed by atoms with E-state index in [9.17, 15) is 14.4 Å². The summed E-state index contributed by atoms with van der Waals surface area (Å²) in [6, 6.07) is 7.89. The zero-order chi connectivity index (χ0) is 16.4. The smallest absolute Gasteiger partial charge is 0.241 e. The van der Waals surface area contributed by atoms with Crippen LogP contribution in [0.2, 0.25) is 0 Å². The summed E-state index contributed by atoms with van der Waals surface area (Å²) >= 11 is 0. The molecule has 0 unspecified atom stereocenters. The van der Waals surface area contributed by atoms with E-state index in [0.717, 1.165) is 24.1 Å². The van der Waals surface area contributed by atoms with Gasteiger partial charge in [-0.1, -0.05) is 32.0 Å². The van der Waals surface area contributed by atoms with E-state index in [4.69, 9.17) is 0 Å². The molecule has 4 rings (SSSR count). The minimum Gasteiger partial charge on any atom is -0.311 e. The van der Waals surface area contributed by atoms with Crippen molar-refractivity contribution < 1.29 is 14.4 Å². The summed E-state index contributed by atoms with van der Waals surface area (Å²) in [6.07, 6.45) is 3.00. The summed E-state index contributed by atoms with van der Waals surface area (Å²) in [5.74, 6) is -1.24. The Morgan fingerprint density at radius 2 is 1.96 bits per heavy atom. The van der Waals surface area contributed by atoms with Crippen molar-refractivity contribution in [3.63, 3.8) is 0 Å². The molecule has 2 bridgehead atoms. The maximum absolute atomic E-state index is 13.5. The normalized spacial score (nSPS) is 31.4. The molecule has 1 aromatic carbocycles. The summed E-state index contributed by atoms with van der Waals surface area (Å²) in [6.45, 7) is 4.46. The number of para-hydroxylation sites is 1. The van der Waals surface area contributed by atoms with Gasteiger partial charge in [-0.3, -0.25) is 14.4 Å². The van der Waals surface area contributed by atoms with Gasteiger partial charge in [0.05, 0.1) is 0 Å². The lowest BCUT2D eigenvalue weighted by atomic mass is 9.67. The third-order valence-electron chi connectivity index (χ3n) is 6.43. The van der Waals surface area contributed by atoms with Gasteiger partial charge in [0.1, 0.15) is 5.41 Å². The van der Waals surface area contributed by atoms with Gasteiger partial charge in [-0.2, -0.15) is 0 Å². The highest BCUT2D eigenvalue weighted by Gasteiger charge is 2.73. The van der Waals surface area contributed by atoms with Crippen molar-refractivity contribution in [1.82, 2.24) is 0 Å². The number of hydrogen-bond acceptors (Lipinski definition) is 3. The van der Waals surface area contributed by atoms with Crippen molar-refractivity contribution in [3.8, 4) is 0 Å². The zero-order valence-corrected chi connectivity index (χ0v) is 13.6. The molecular weight excluding hydrogens is 290 g/mol. The van der Waals surface area contributed by atoms with Crippen LogP contribution < -0.4 is 4.90 Å². The Kier molecular flexibility index (Phi) is 2.88. The van der Waals surface area contributed by atoms with E-state index in [1.807, 2.05) is 38.1 Å². The molecule has 4 nitrogen and oxygen atoms in total. The number of benzene rings is 1. The zero-order valence-electron chi connectivity index (χ0n) is 13.6. The van der Waals surface area contributed by atoms with E-state index in [1.54, 1.807) is 4.90 Å². The first kappa shape index (κ1) is 14.6. The molecule has 2 aliphatic carbocycles. The lowest BCUT2D eigenvalue weighted by Gasteiger charge is -2.40. The maximum atomic E-state index is 13.5. The molecule has 23 heavy (non-hydrogen) atoms. The van der Waals surface area contributed by atoms with Gasteiger partial charge in [0, 0.05) is 18.2 Å². The predicted molar refractivity (Wildman–Crippen MR) is 86.1 cm³/mol. The number of anilines is 1. The fourth-order valence-corrected chi connectivity index (χ4v) is 5.03. The van der Waals surface area contributed by atoms with Gasteiger partial charge in [0.25, 0.3) is 0 Å². The van der Waals surface area contributed by atoms with Crippen LogP contribution in [0.25, 0.3) is 0 Å². The van der Waals surface area contributed by atoms with Gasteiger partial charge in [-0.25, -0.2) is 0 Å². The molecule has 0 N–H and O–H groups in total. The van der Waals surface area contributed by atoms with E-state index < -0.39 is 16.6 Å². The van der Waals surface area contributed by atoms with Crippen LogP contribution in [0, 0.1) is 16.7 Å². The van der Waals surface area contributed by atoms with E-state index in [-0.39, 0.29) is 17.6 Å². The second kappa shape index (κ2) is 4.53. The van der Waals surface area contributed by atoms with Crippen LogP contribution in [0.4, 0.5) is 5.69 Å². The van der Waals surface area contributed by atoms with Gasteiger partial charge >= 0.3 is 0 Å².